The van der Waals surface area contributed by atoms with E-state index in [-0.39, 0.29) is 5.91 Å². The average molecular weight is 293 g/mol. The number of aryl methyl sites for hydroxylation is 2. The standard InChI is InChI=1S/C16H27N3O2/c1-12-13(2)21-14(3)15(12)16(20)17-6-5-7-19-10-8-18(4)9-11-19/h5-11H2,1-4H3,(H,17,20). The number of rotatable bonds is 5. The molecule has 1 amide bonds. The van der Waals surface area contributed by atoms with E-state index < -0.39 is 0 Å². The van der Waals surface area contributed by atoms with Crippen LogP contribution in [0.5, 0.6) is 0 Å². The Morgan fingerprint density at radius 3 is 2.38 bits per heavy atom. The van der Waals surface area contributed by atoms with Crippen molar-refractivity contribution in [3.05, 3.63) is 22.6 Å². The molecule has 1 aliphatic heterocycles. The molecular formula is C16H27N3O2. The molecule has 0 spiro atoms. The van der Waals surface area contributed by atoms with E-state index in [1.54, 1.807) is 0 Å². The molecule has 0 aromatic carbocycles. The van der Waals surface area contributed by atoms with Crippen molar-refractivity contribution in [1.82, 2.24) is 15.1 Å². The van der Waals surface area contributed by atoms with Crippen molar-refractivity contribution in [1.29, 1.82) is 0 Å². The second-order valence-corrected chi connectivity index (χ2v) is 5.97. The minimum Gasteiger partial charge on any atom is -0.466 e. The number of piperazine rings is 1. The van der Waals surface area contributed by atoms with Gasteiger partial charge in [0.1, 0.15) is 11.5 Å². The summed E-state index contributed by atoms with van der Waals surface area (Å²) in [5.74, 6) is 1.52. The third kappa shape index (κ3) is 4.08. The lowest BCUT2D eigenvalue weighted by Crippen LogP contribution is -2.45. The fraction of sp³-hybridized carbons (Fsp3) is 0.688. The van der Waals surface area contributed by atoms with Crippen molar-refractivity contribution in [2.75, 3.05) is 46.3 Å². The minimum absolute atomic E-state index is 0.0137. The zero-order chi connectivity index (χ0) is 15.4. The van der Waals surface area contributed by atoms with E-state index in [2.05, 4.69) is 22.2 Å². The monoisotopic (exact) mass is 293 g/mol. The van der Waals surface area contributed by atoms with Gasteiger partial charge in [-0.25, -0.2) is 0 Å². The highest BCUT2D eigenvalue weighted by Crippen LogP contribution is 2.20. The number of hydrogen-bond donors (Lipinski definition) is 1. The molecule has 118 valence electrons. The van der Waals surface area contributed by atoms with Crippen molar-refractivity contribution in [2.45, 2.75) is 27.2 Å². The van der Waals surface area contributed by atoms with Crippen molar-refractivity contribution >= 4 is 5.91 Å². The molecule has 2 heterocycles. The lowest BCUT2D eigenvalue weighted by Gasteiger charge is -2.32. The summed E-state index contributed by atoms with van der Waals surface area (Å²) in [5.41, 5.74) is 1.65. The highest BCUT2D eigenvalue weighted by atomic mass is 16.3. The van der Waals surface area contributed by atoms with Crippen molar-refractivity contribution < 1.29 is 9.21 Å². The number of amides is 1. The summed E-state index contributed by atoms with van der Waals surface area (Å²) < 4.78 is 5.50. The maximum Gasteiger partial charge on any atom is 0.255 e. The first kappa shape index (κ1) is 16.0. The molecule has 5 heteroatoms. The Hall–Kier alpha value is -1.33. The summed E-state index contributed by atoms with van der Waals surface area (Å²) in [7, 11) is 2.16. The molecule has 5 nitrogen and oxygen atoms in total. The lowest BCUT2D eigenvalue weighted by molar-refractivity contribution is 0.0947. The van der Waals surface area contributed by atoms with Gasteiger partial charge in [0, 0.05) is 38.3 Å². The Labute approximate surface area is 127 Å². The molecular weight excluding hydrogens is 266 g/mol. The Morgan fingerprint density at radius 2 is 1.81 bits per heavy atom. The topological polar surface area (TPSA) is 48.7 Å². The Bertz CT molecular complexity index is 488. The fourth-order valence-corrected chi connectivity index (χ4v) is 2.79. The van der Waals surface area contributed by atoms with E-state index in [1.165, 1.54) is 0 Å². The number of nitrogens with one attached hydrogen (secondary N) is 1. The molecule has 0 aliphatic carbocycles. The average Bonchev–Trinajstić information content (AvgIpc) is 2.70. The van der Waals surface area contributed by atoms with Gasteiger partial charge in [0.05, 0.1) is 5.56 Å². The second kappa shape index (κ2) is 7.09. The predicted octanol–water partition coefficient (Wildman–Crippen LogP) is 1.57. The van der Waals surface area contributed by atoms with Gasteiger partial charge < -0.3 is 19.5 Å². The van der Waals surface area contributed by atoms with E-state index in [0.717, 1.165) is 50.5 Å². The first-order valence-electron chi connectivity index (χ1n) is 7.74. The van der Waals surface area contributed by atoms with Gasteiger partial charge in [-0.2, -0.15) is 0 Å². The van der Waals surface area contributed by atoms with Crippen LogP contribution >= 0.6 is 0 Å². The normalized spacial score (nSPS) is 17.1. The van der Waals surface area contributed by atoms with Crippen LogP contribution in [0, 0.1) is 20.8 Å². The maximum absolute atomic E-state index is 12.2. The minimum atomic E-state index is -0.0137. The van der Waals surface area contributed by atoms with Gasteiger partial charge in [-0.3, -0.25) is 4.79 Å². The SMILES string of the molecule is Cc1oc(C)c(C(=O)NCCCN2CCN(C)CC2)c1C. The summed E-state index contributed by atoms with van der Waals surface area (Å²) in [6.07, 6.45) is 0.990. The fourth-order valence-electron chi connectivity index (χ4n) is 2.79. The van der Waals surface area contributed by atoms with Crippen LogP contribution in [-0.2, 0) is 0 Å². The van der Waals surface area contributed by atoms with Crippen molar-refractivity contribution in [3.8, 4) is 0 Å². The van der Waals surface area contributed by atoms with Crippen LogP contribution in [0.4, 0.5) is 0 Å². The molecule has 0 unspecified atom stereocenters. The van der Waals surface area contributed by atoms with Crippen LogP contribution in [0.2, 0.25) is 0 Å². The third-order valence-electron chi connectivity index (χ3n) is 4.32. The van der Waals surface area contributed by atoms with E-state index in [1.807, 2.05) is 20.8 Å². The van der Waals surface area contributed by atoms with Gasteiger partial charge in [-0.05, 0) is 40.8 Å². The zero-order valence-electron chi connectivity index (χ0n) is 13.7. The van der Waals surface area contributed by atoms with Crippen LogP contribution < -0.4 is 5.32 Å². The van der Waals surface area contributed by atoms with E-state index in [9.17, 15) is 4.79 Å². The molecule has 0 radical (unpaired) electrons. The maximum atomic E-state index is 12.2. The number of likely N-dealkylation sites (N-methyl/N-ethyl adjacent to an activating group) is 1. The van der Waals surface area contributed by atoms with Gasteiger partial charge in [0.25, 0.3) is 5.91 Å². The van der Waals surface area contributed by atoms with Crippen molar-refractivity contribution in [3.63, 3.8) is 0 Å². The van der Waals surface area contributed by atoms with Crippen LogP contribution in [-0.4, -0.2) is 62.0 Å². The van der Waals surface area contributed by atoms with Gasteiger partial charge in [0.15, 0.2) is 0 Å². The molecule has 1 aliphatic rings. The second-order valence-electron chi connectivity index (χ2n) is 5.97. The predicted molar refractivity (Wildman–Crippen MR) is 83.8 cm³/mol. The summed E-state index contributed by atoms with van der Waals surface area (Å²) >= 11 is 0. The zero-order valence-corrected chi connectivity index (χ0v) is 13.7. The molecule has 1 aromatic rings. The number of nitrogens with zero attached hydrogens (tertiary/aromatic N) is 2. The smallest absolute Gasteiger partial charge is 0.255 e. The highest BCUT2D eigenvalue weighted by Gasteiger charge is 2.18. The van der Waals surface area contributed by atoms with Gasteiger partial charge in [-0.1, -0.05) is 0 Å². The van der Waals surface area contributed by atoms with Crippen LogP contribution in [0.1, 0.15) is 33.9 Å². The quantitative estimate of drug-likeness (QED) is 0.837. The molecule has 1 saturated heterocycles. The summed E-state index contributed by atoms with van der Waals surface area (Å²) in [4.78, 5) is 17.0. The Balaban J connectivity index is 1.72. The van der Waals surface area contributed by atoms with E-state index in [4.69, 9.17) is 4.42 Å². The number of carbonyl (C=O) groups excluding carboxylic acids is 1. The van der Waals surface area contributed by atoms with Gasteiger partial charge in [-0.15, -0.1) is 0 Å². The first-order chi connectivity index (χ1) is 9.99. The number of furan rings is 1. The number of carbonyl (C=O) groups is 1. The Morgan fingerprint density at radius 1 is 1.14 bits per heavy atom. The van der Waals surface area contributed by atoms with Crippen LogP contribution in [0.3, 0.4) is 0 Å². The Kier molecular flexibility index (Phi) is 5.42. The molecule has 0 atom stereocenters. The molecule has 2 rings (SSSR count). The first-order valence-corrected chi connectivity index (χ1v) is 7.74. The summed E-state index contributed by atoms with van der Waals surface area (Å²) in [6, 6.07) is 0. The molecule has 1 N–H and O–H groups in total. The van der Waals surface area contributed by atoms with E-state index >= 15 is 0 Å². The van der Waals surface area contributed by atoms with Crippen molar-refractivity contribution in [2.24, 2.45) is 0 Å². The number of hydrogen-bond acceptors (Lipinski definition) is 4. The van der Waals surface area contributed by atoms with Crippen LogP contribution in [0.15, 0.2) is 4.42 Å². The third-order valence-corrected chi connectivity index (χ3v) is 4.32. The lowest BCUT2D eigenvalue weighted by atomic mass is 10.1. The molecule has 0 saturated carbocycles. The molecule has 0 bridgehead atoms. The molecule has 1 aromatic heterocycles. The molecule has 21 heavy (non-hydrogen) atoms. The van der Waals surface area contributed by atoms with E-state index in [0.29, 0.717) is 17.9 Å². The van der Waals surface area contributed by atoms with Crippen LogP contribution in [0.25, 0.3) is 0 Å². The summed E-state index contributed by atoms with van der Waals surface area (Å²) in [5, 5.41) is 3.01. The largest absolute Gasteiger partial charge is 0.466 e. The summed E-state index contributed by atoms with van der Waals surface area (Å²) in [6.45, 7) is 12.0. The van der Waals surface area contributed by atoms with Gasteiger partial charge >= 0.3 is 0 Å². The van der Waals surface area contributed by atoms with Gasteiger partial charge in [0.2, 0.25) is 0 Å². The highest BCUT2D eigenvalue weighted by molar-refractivity contribution is 5.96. The molecule has 1 fully saturated rings.